The van der Waals surface area contributed by atoms with Crippen molar-refractivity contribution in [3.8, 4) is 0 Å². The molecule has 3 atom stereocenters. The Hall–Kier alpha value is -3.40. The van der Waals surface area contributed by atoms with E-state index in [2.05, 4.69) is 135 Å². The lowest BCUT2D eigenvalue weighted by Gasteiger charge is -2.44. The summed E-state index contributed by atoms with van der Waals surface area (Å²) in [5.41, 5.74) is 5.36. The lowest BCUT2D eigenvalue weighted by molar-refractivity contribution is -0.798. The van der Waals surface area contributed by atoms with Crippen molar-refractivity contribution in [3.63, 3.8) is 0 Å². The van der Waals surface area contributed by atoms with E-state index in [1.54, 1.807) is 0 Å². The van der Waals surface area contributed by atoms with Gasteiger partial charge in [-0.2, -0.15) is 21.9 Å². The van der Waals surface area contributed by atoms with Crippen LogP contribution in [0.2, 0.25) is 0 Å². The minimum Gasteiger partial charge on any atom is -0.372 e. The maximum absolute atomic E-state index is 5.63. The van der Waals surface area contributed by atoms with Crippen LogP contribution in [0.25, 0.3) is 0 Å². The summed E-state index contributed by atoms with van der Waals surface area (Å²) in [6.45, 7) is 10.5. The quantitative estimate of drug-likeness (QED) is 0.156. The molecule has 0 unspecified atom stereocenters. The van der Waals surface area contributed by atoms with Crippen LogP contribution in [0.3, 0.4) is 0 Å². The number of piperidine rings is 1. The van der Waals surface area contributed by atoms with E-state index in [0.29, 0.717) is 6.10 Å². The minimum absolute atomic E-state index is 0.536. The summed E-state index contributed by atoms with van der Waals surface area (Å²) < 4.78 is 6.90. The molecule has 2 fully saturated rings. The van der Waals surface area contributed by atoms with Crippen LogP contribution < -0.4 is 21.9 Å². The van der Waals surface area contributed by atoms with Gasteiger partial charge >= 0.3 is 0 Å². The maximum atomic E-state index is 5.63. The van der Waals surface area contributed by atoms with E-state index in [-0.39, 0.29) is 0 Å². The van der Waals surface area contributed by atoms with Crippen LogP contribution in [-0.2, 0) is 4.74 Å². The van der Waals surface area contributed by atoms with Gasteiger partial charge in [-0.25, -0.2) is 0 Å². The lowest BCUT2D eigenvalue weighted by atomic mass is 9.13. The standard InChI is InChI=1S/C24H20B.C10H18NO/c1-5-13-21(14-6-1)25(22-15-7-2-8-16-22,23-17-9-3-10-18-23)24-19-11-4-12-20-24;1-3-5-11-7-9(11)6-10(8-11)12-4-2/h1-20H;3,9-10H,1,4-8H2,2H3/q-1;+1/t;9-,10-,11-/m.1/s1. The molecule has 0 N–H and O–H groups in total. The van der Waals surface area contributed by atoms with E-state index in [9.17, 15) is 0 Å². The molecular formula is C34H38BNO. The van der Waals surface area contributed by atoms with Crippen molar-refractivity contribution in [3.05, 3.63) is 134 Å². The molecule has 0 bridgehead atoms. The second-order valence-corrected chi connectivity index (χ2v) is 10.5. The molecule has 2 aliphatic heterocycles. The molecule has 4 aromatic carbocycles. The van der Waals surface area contributed by atoms with Gasteiger partial charge < -0.3 is 9.22 Å². The van der Waals surface area contributed by atoms with Crippen molar-refractivity contribution in [2.24, 2.45) is 0 Å². The summed E-state index contributed by atoms with van der Waals surface area (Å²) in [6, 6.07) is 44.4. The van der Waals surface area contributed by atoms with Crippen molar-refractivity contribution in [2.75, 3.05) is 26.2 Å². The summed E-state index contributed by atoms with van der Waals surface area (Å²) in [5, 5.41) is 0. The first-order valence-corrected chi connectivity index (χ1v) is 13.7. The summed E-state index contributed by atoms with van der Waals surface area (Å²) in [7, 11) is 0. The zero-order chi connectivity index (χ0) is 25.6. The number of quaternary nitrogens is 1. The molecule has 2 saturated heterocycles. The number of rotatable bonds is 8. The molecule has 37 heavy (non-hydrogen) atoms. The highest BCUT2D eigenvalue weighted by atomic mass is 16.5. The summed E-state index contributed by atoms with van der Waals surface area (Å²) in [6.07, 6.45) is 2.65. The topological polar surface area (TPSA) is 9.23 Å². The molecule has 0 spiro atoms. The Morgan fingerprint density at radius 3 is 1.46 bits per heavy atom. The number of benzene rings is 4. The predicted octanol–water partition coefficient (Wildman–Crippen LogP) is 4.24. The average molecular weight is 487 g/mol. The van der Waals surface area contributed by atoms with Crippen molar-refractivity contribution < 1.29 is 9.22 Å². The highest BCUT2D eigenvalue weighted by Crippen LogP contribution is 2.41. The van der Waals surface area contributed by atoms with Gasteiger partial charge in [0.25, 0.3) is 0 Å². The van der Waals surface area contributed by atoms with Gasteiger partial charge in [0.15, 0.2) is 0 Å². The Morgan fingerprint density at radius 1 is 0.703 bits per heavy atom. The number of ether oxygens (including phenoxy) is 1. The summed E-state index contributed by atoms with van der Waals surface area (Å²) in [5.74, 6) is 0. The zero-order valence-electron chi connectivity index (χ0n) is 22.0. The van der Waals surface area contributed by atoms with E-state index in [0.717, 1.165) is 19.2 Å². The number of hydrogen-bond acceptors (Lipinski definition) is 1. The van der Waals surface area contributed by atoms with Crippen LogP contribution >= 0.6 is 0 Å². The molecule has 0 radical (unpaired) electrons. The smallest absolute Gasteiger partial charge is 0.142 e. The maximum Gasteiger partial charge on any atom is 0.142 e. The molecule has 2 nitrogen and oxygen atoms in total. The zero-order valence-corrected chi connectivity index (χ0v) is 22.0. The molecule has 6 rings (SSSR count). The van der Waals surface area contributed by atoms with E-state index in [4.69, 9.17) is 4.74 Å². The van der Waals surface area contributed by atoms with Gasteiger partial charge in [-0.15, -0.1) is 0 Å². The molecule has 188 valence electrons. The monoisotopic (exact) mass is 487 g/mol. The molecule has 0 aromatic heterocycles. The highest BCUT2D eigenvalue weighted by molar-refractivity contribution is 7.19. The third-order valence-corrected chi connectivity index (χ3v) is 8.41. The van der Waals surface area contributed by atoms with Gasteiger partial charge in [0.2, 0.25) is 0 Å². The van der Waals surface area contributed by atoms with Gasteiger partial charge in [-0.05, 0) is 13.0 Å². The van der Waals surface area contributed by atoms with Crippen molar-refractivity contribution in [1.82, 2.24) is 0 Å². The van der Waals surface area contributed by atoms with Crippen LogP contribution in [0, 0.1) is 0 Å². The van der Waals surface area contributed by atoms with Gasteiger partial charge in [-0.1, -0.05) is 128 Å². The van der Waals surface area contributed by atoms with Crippen LogP contribution in [-0.4, -0.2) is 49.0 Å². The number of hydrogen-bond donors (Lipinski definition) is 0. The first-order chi connectivity index (χ1) is 18.2. The van der Waals surface area contributed by atoms with Crippen molar-refractivity contribution >= 4 is 28.0 Å². The van der Waals surface area contributed by atoms with Crippen LogP contribution in [0.4, 0.5) is 0 Å². The Labute approximate surface area is 222 Å². The molecule has 0 amide bonds. The predicted molar refractivity (Wildman–Crippen MR) is 159 cm³/mol. The molecule has 0 saturated carbocycles. The summed E-state index contributed by atoms with van der Waals surface area (Å²) in [4.78, 5) is 0. The second-order valence-electron chi connectivity index (χ2n) is 10.5. The highest BCUT2D eigenvalue weighted by Gasteiger charge is 2.61. The molecule has 4 aromatic rings. The van der Waals surface area contributed by atoms with Gasteiger partial charge in [-0.3, -0.25) is 0 Å². The van der Waals surface area contributed by atoms with Gasteiger partial charge in [0, 0.05) is 13.0 Å². The Kier molecular flexibility index (Phi) is 7.74. The Balaban J connectivity index is 0.000000195. The fraction of sp³-hybridized carbons (Fsp3) is 0.235. The molecule has 2 aliphatic rings. The van der Waals surface area contributed by atoms with Gasteiger partial charge in [0.1, 0.15) is 31.4 Å². The fourth-order valence-electron chi connectivity index (χ4n) is 6.71. The van der Waals surface area contributed by atoms with E-state index in [1.807, 2.05) is 6.08 Å². The number of fused-ring (bicyclic) bond motifs is 1. The average Bonchev–Trinajstić information content (AvgIpc) is 3.51. The molecule has 0 aliphatic carbocycles. The minimum atomic E-state index is -1.22. The SMILES string of the molecule is C=CC[N@@+]12C[C@H](OCC)C[C@@H]1C2.c1ccc([B-](c2ccccc2)(c2ccccc2)c2ccccc2)cc1. The third kappa shape index (κ3) is 5.07. The normalized spacial score (nSPS) is 21.9. The van der Waals surface area contributed by atoms with Crippen LogP contribution in [0.5, 0.6) is 0 Å². The Bertz CT molecular complexity index is 1100. The third-order valence-electron chi connectivity index (χ3n) is 8.41. The van der Waals surface area contributed by atoms with E-state index in [1.165, 1.54) is 45.8 Å². The Morgan fingerprint density at radius 2 is 1.11 bits per heavy atom. The first kappa shape index (κ1) is 25.3. The summed E-state index contributed by atoms with van der Waals surface area (Å²) >= 11 is 0. The van der Waals surface area contributed by atoms with E-state index >= 15 is 0 Å². The fourth-order valence-corrected chi connectivity index (χ4v) is 6.71. The van der Waals surface area contributed by atoms with E-state index < -0.39 is 6.15 Å². The second kappa shape index (κ2) is 11.3. The molecular weight excluding hydrogens is 449 g/mol. The van der Waals surface area contributed by atoms with Gasteiger partial charge in [0.05, 0.1) is 6.54 Å². The molecule has 3 heteroatoms. The van der Waals surface area contributed by atoms with Crippen LogP contribution in [0.1, 0.15) is 13.3 Å². The largest absolute Gasteiger partial charge is 0.372 e. The molecule has 2 heterocycles. The van der Waals surface area contributed by atoms with Crippen molar-refractivity contribution in [2.45, 2.75) is 25.5 Å². The van der Waals surface area contributed by atoms with Crippen molar-refractivity contribution in [1.29, 1.82) is 0 Å². The number of nitrogens with zero attached hydrogens (tertiary/aromatic N) is 1. The first-order valence-electron chi connectivity index (χ1n) is 13.7. The van der Waals surface area contributed by atoms with Crippen LogP contribution in [0.15, 0.2) is 134 Å². The lowest BCUT2D eigenvalue weighted by Crippen LogP contribution is -2.74.